The summed E-state index contributed by atoms with van der Waals surface area (Å²) < 4.78 is 0. The van der Waals surface area contributed by atoms with Crippen LogP contribution in [0, 0.1) is 13.8 Å². The minimum Gasteiger partial charge on any atom is -0.213 e. The molecule has 6 aromatic rings. The van der Waals surface area contributed by atoms with Crippen molar-refractivity contribution >= 4 is 0 Å². The van der Waals surface area contributed by atoms with Crippen LogP contribution in [0.3, 0.4) is 0 Å². The minimum atomic E-state index is 0.719. The zero-order valence-corrected chi connectivity index (χ0v) is 36.7. The second-order valence-corrected chi connectivity index (χ2v) is 10.5. The SMILES string of the molecule is CC.CC.CC.CC.CC.CC.CC.Cc1cccc2c1Cc1ccccc1-2.Cc1nc(-c2ccccc2)nc(-c2cccc3c2-c2ccccc2C3)n1. The number of benzene rings is 5. The lowest BCUT2D eigenvalue weighted by Crippen LogP contribution is -2.00. The maximum atomic E-state index is 4.80. The van der Waals surface area contributed by atoms with Crippen molar-refractivity contribution in [2.45, 2.75) is 124 Å². The summed E-state index contributed by atoms with van der Waals surface area (Å²) in [5.41, 5.74) is 14.6. The smallest absolute Gasteiger partial charge is 0.164 e. The number of aryl methyl sites for hydroxylation is 2. The van der Waals surface area contributed by atoms with Crippen LogP contribution in [0.15, 0.2) is 115 Å². The molecule has 2 aliphatic carbocycles. The highest BCUT2D eigenvalue weighted by atomic mass is 15.0. The van der Waals surface area contributed by atoms with E-state index in [2.05, 4.69) is 102 Å². The van der Waals surface area contributed by atoms with Gasteiger partial charge in [-0.2, -0.15) is 0 Å². The third-order valence-corrected chi connectivity index (χ3v) is 7.92. The molecule has 0 atom stereocenters. The van der Waals surface area contributed by atoms with Gasteiger partial charge in [0.15, 0.2) is 11.6 Å². The van der Waals surface area contributed by atoms with E-state index in [0.29, 0.717) is 0 Å². The molecule has 0 saturated heterocycles. The van der Waals surface area contributed by atoms with Gasteiger partial charge in [-0.05, 0) is 76.8 Å². The number of hydrogen-bond acceptors (Lipinski definition) is 3. The summed E-state index contributed by atoms with van der Waals surface area (Å²) in [6.07, 6.45) is 2.08. The molecule has 0 radical (unpaired) electrons. The van der Waals surface area contributed by atoms with Crippen LogP contribution in [0.1, 0.15) is 131 Å². The van der Waals surface area contributed by atoms with Crippen molar-refractivity contribution in [3.8, 4) is 45.0 Å². The quantitative estimate of drug-likeness (QED) is 0.178. The van der Waals surface area contributed by atoms with Crippen LogP contribution in [0.2, 0.25) is 0 Å². The maximum Gasteiger partial charge on any atom is 0.164 e. The molecule has 0 bridgehead atoms. The molecule has 0 unspecified atom stereocenters. The van der Waals surface area contributed by atoms with E-state index in [4.69, 9.17) is 4.98 Å². The first-order valence-electron chi connectivity index (χ1n) is 20.8. The fourth-order valence-electron chi connectivity index (χ4n) is 6.01. The predicted octanol–water partition coefficient (Wildman–Crippen LogP) is 15.8. The molecule has 2 aliphatic rings. The Bertz CT molecular complexity index is 1870. The Morgan fingerprint density at radius 1 is 0.352 bits per heavy atom. The summed E-state index contributed by atoms with van der Waals surface area (Å²) >= 11 is 0. The maximum absolute atomic E-state index is 4.80. The number of hydrogen-bond donors (Lipinski definition) is 0. The Kier molecular flexibility index (Phi) is 26.0. The number of rotatable bonds is 2. The molecule has 0 aliphatic heterocycles. The molecule has 0 fully saturated rings. The topological polar surface area (TPSA) is 38.7 Å². The Balaban J connectivity index is 0.000000851. The second kappa shape index (κ2) is 28.6. The van der Waals surface area contributed by atoms with Gasteiger partial charge in [-0.15, -0.1) is 0 Å². The molecule has 3 heteroatoms. The molecule has 3 nitrogen and oxygen atoms in total. The van der Waals surface area contributed by atoms with E-state index >= 15 is 0 Å². The molecule has 0 spiro atoms. The zero-order chi connectivity index (χ0) is 41.1. The summed E-state index contributed by atoms with van der Waals surface area (Å²) in [7, 11) is 0. The third-order valence-electron chi connectivity index (χ3n) is 7.92. The highest BCUT2D eigenvalue weighted by Crippen LogP contribution is 2.42. The Morgan fingerprint density at radius 3 is 1.41 bits per heavy atom. The molecule has 0 saturated carbocycles. The van der Waals surface area contributed by atoms with Crippen molar-refractivity contribution < 1.29 is 0 Å². The molecule has 8 rings (SSSR count). The van der Waals surface area contributed by atoms with Crippen LogP contribution in [0.4, 0.5) is 0 Å². The molecule has 0 amide bonds. The third kappa shape index (κ3) is 12.6. The van der Waals surface area contributed by atoms with Crippen molar-refractivity contribution in [1.29, 1.82) is 0 Å². The van der Waals surface area contributed by atoms with Gasteiger partial charge in [0.1, 0.15) is 5.82 Å². The average Bonchev–Trinajstić information content (AvgIpc) is 3.86. The van der Waals surface area contributed by atoms with Crippen molar-refractivity contribution in [3.63, 3.8) is 0 Å². The molecule has 0 N–H and O–H groups in total. The predicted molar refractivity (Wildman–Crippen MR) is 243 cm³/mol. The zero-order valence-electron chi connectivity index (χ0n) is 36.7. The Labute approximate surface area is 331 Å². The van der Waals surface area contributed by atoms with Gasteiger partial charge >= 0.3 is 0 Å². The lowest BCUT2D eigenvalue weighted by molar-refractivity contribution is 0.992. The fraction of sp³-hybridized carbons (Fsp3) is 0.353. The standard InChI is InChI=1S/C23H17N3.C14H12.7C2H6/c1-15-24-22(16-8-3-2-4-9-16)26-23(25-15)20-13-7-11-18-14-17-10-5-6-12-19(17)21(18)20;1-10-5-4-8-13-12-7-3-2-6-11(12)9-14(10)13;7*1-2/h2-13H,14H2,1H3;2-8H,9H2,1H3;7*1-2H3. The fourth-order valence-corrected chi connectivity index (χ4v) is 6.01. The molecule has 1 heterocycles. The first kappa shape index (κ1) is 49.1. The molecule has 290 valence electrons. The number of aromatic nitrogens is 3. The molecular formula is C51H71N3. The lowest BCUT2D eigenvalue weighted by atomic mass is 9.99. The van der Waals surface area contributed by atoms with Gasteiger partial charge in [0.2, 0.25) is 0 Å². The van der Waals surface area contributed by atoms with E-state index in [-0.39, 0.29) is 0 Å². The monoisotopic (exact) mass is 726 g/mol. The summed E-state index contributed by atoms with van der Waals surface area (Å²) in [6, 6.07) is 40.4. The van der Waals surface area contributed by atoms with Crippen LogP contribution < -0.4 is 0 Å². The molecule has 5 aromatic carbocycles. The van der Waals surface area contributed by atoms with Crippen LogP contribution in [0.5, 0.6) is 0 Å². The molecule has 54 heavy (non-hydrogen) atoms. The first-order chi connectivity index (χ1) is 26.7. The van der Waals surface area contributed by atoms with Gasteiger partial charge in [-0.1, -0.05) is 212 Å². The summed E-state index contributed by atoms with van der Waals surface area (Å²) in [5.74, 6) is 2.19. The average molecular weight is 726 g/mol. The lowest BCUT2D eigenvalue weighted by Gasteiger charge is -2.10. The summed E-state index contributed by atoms with van der Waals surface area (Å²) in [5, 5.41) is 0. The van der Waals surface area contributed by atoms with Gasteiger partial charge < -0.3 is 0 Å². The van der Waals surface area contributed by atoms with Crippen LogP contribution in [-0.2, 0) is 12.8 Å². The van der Waals surface area contributed by atoms with Crippen LogP contribution in [-0.4, -0.2) is 15.0 Å². The number of fused-ring (bicyclic) bond motifs is 6. The molecular weight excluding hydrogens is 655 g/mol. The van der Waals surface area contributed by atoms with E-state index < -0.39 is 0 Å². The van der Waals surface area contributed by atoms with Crippen molar-refractivity contribution in [2.75, 3.05) is 0 Å². The van der Waals surface area contributed by atoms with Gasteiger partial charge in [-0.25, -0.2) is 15.0 Å². The van der Waals surface area contributed by atoms with Crippen molar-refractivity contribution in [1.82, 2.24) is 15.0 Å². The Hall–Kier alpha value is -4.89. The largest absolute Gasteiger partial charge is 0.213 e. The van der Waals surface area contributed by atoms with E-state index in [1.165, 1.54) is 50.1 Å². The van der Waals surface area contributed by atoms with Gasteiger partial charge in [0, 0.05) is 11.1 Å². The van der Waals surface area contributed by atoms with Gasteiger partial charge in [0.05, 0.1) is 0 Å². The van der Waals surface area contributed by atoms with Crippen molar-refractivity contribution in [2.24, 2.45) is 0 Å². The highest BCUT2D eigenvalue weighted by Gasteiger charge is 2.23. The van der Waals surface area contributed by atoms with Crippen LogP contribution >= 0.6 is 0 Å². The van der Waals surface area contributed by atoms with E-state index in [1.54, 1.807) is 0 Å². The second-order valence-electron chi connectivity index (χ2n) is 10.5. The summed E-state index contributed by atoms with van der Waals surface area (Å²) in [4.78, 5) is 14.0. The highest BCUT2D eigenvalue weighted by molar-refractivity contribution is 5.88. The van der Waals surface area contributed by atoms with E-state index in [0.717, 1.165) is 41.4 Å². The van der Waals surface area contributed by atoms with Crippen LogP contribution in [0.25, 0.3) is 45.0 Å². The normalized spacial score (nSPS) is 9.70. The minimum absolute atomic E-state index is 0.719. The van der Waals surface area contributed by atoms with E-state index in [9.17, 15) is 0 Å². The van der Waals surface area contributed by atoms with Gasteiger partial charge in [0.25, 0.3) is 0 Å². The molecule has 1 aromatic heterocycles. The van der Waals surface area contributed by atoms with E-state index in [1.807, 2.05) is 134 Å². The van der Waals surface area contributed by atoms with Crippen molar-refractivity contribution in [3.05, 3.63) is 149 Å². The first-order valence-corrected chi connectivity index (χ1v) is 20.8. The Morgan fingerprint density at radius 2 is 0.796 bits per heavy atom. The van der Waals surface area contributed by atoms with Gasteiger partial charge in [-0.3, -0.25) is 0 Å². The summed E-state index contributed by atoms with van der Waals surface area (Å²) in [6.45, 7) is 32.1. The number of nitrogens with zero attached hydrogens (tertiary/aromatic N) is 3.